The molecule has 0 radical (unpaired) electrons. The van der Waals surface area contributed by atoms with Gasteiger partial charge < -0.3 is 15.3 Å². The van der Waals surface area contributed by atoms with Crippen LogP contribution in [0, 0.1) is 6.92 Å². The van der Waals surface area contributed by atoms with E-state index >= 15 is 0 Å². The fraction of sp³-hybridized carbons (Fsp3) is 0.692. The van der Waals surface area contributed by atoms with Gasteiger partial charge in [0, 0.05) is 31.6 Å². The van der Waals surface area contributed by atoms with Crippen LogP contribution in [0.15, 0.2) is 0 Å². The van der Waals surface area contributed by atoms with E-state index in [1.807, 2.05) is 25.9 Å². The van der Waals surface area contributed by atoms with E-state index in [4.69, 9.17) is 5.11 Å². The van der Waals surface area contributed by atoms with E-state index in [-0.39, 0.29) is 12.0 Å². The van der Waals surface area contributed by atoms with Gasteiger partial charge in [-0.05, 0) is 6.92 Å². The minimum absolute atomic E-state index is 0.103. The van der Waals surface area contributed by atoms with Gasteiger partial charge >= 0.3 is 0 Å². The molecule has 0 aliphatic heterocycles. The predicted molar refractivity (Wildman–Crippen MR) is 75.4 cm³/mol. The molecule has 0 amide bonds. The highest BCUT2D eigenvalue weighted by atomic mass is 16.3. The lowest BCUT2D eigenvalue weighted by molar-refractivity contribution is 0.303. The minimum Gasteiger partial charge on any atom is -0.395 e. The second kappa shape index (κ2) is 5.52. The van der Waals surface area contributed by atoms with Gasteiger partial charge in [0.15, 0.2) is 0 Å². The molecule has 102 valence electrons. The van der Waals surface area contributed by atoms with Crippen LogP contribution in [0.2, 0.25) is 0 Å². The minimum atomic E-state index is -0.103. The number of aromatic nitrogens is 2. The predicted octanol–water partition coefficient (Wildman–Crippen LogP) is 1.55. The maximum absolute atomic E-state index is 9.04. The number of aliphatic hydroxyl groups excluding tert-OH is 1. The Morgan fingerprint density at radius 2 is 1.89 bits per heavy atom. The smallest absolute Gasteiger partial charge is 0.138 e. The van der Waals surface area contributed by atoms with Crippen LogP contribution in [0.4, 0.5) is 11.6 Å². The van der Waals surface area contributed by atoms with Crippen molar-refractivity contribution in [2.24, 2.45) is 0 Å². The van der Waals surface area contributed by atoms with Crippen LogP contribution in [0.25, 0.3) is 0 Å². The monoisotopic (exact) mass is 252 g/mol. The first kappa shape index (κ1) is 14.7. The molecule has 0 aromatic carbocycles. The molecule has 0 atom stereocenters. The molecule has 0 spiro atoms. The molecule has 5 heteroatoms. The SMILES string of the molecule is CNc1nc(C(C)(C)C)nc(N(C)CCO)c1C. The van der Waals surface area contributed by atoms with Crippen molar-refractivity contribution >= 4 is 11.6 Å². The Hall–Kier alpha value is -1.36. The van der Waals surface area contributed by atoms with Gasteiger partial charge in [-0.25, -0.2) is 9.97 Å². The maximum atomic E-state index is 9.04. The van der Waals surface area contributed by atoms with Gasteiger partial charge in [0.2, 0.25) is 0 Å². The van der Waals surface area contributed by atoms with Gasteiger partial charge in [0.25, 0.3) is 0 Å². The maximum Gasteiger partial charge on any atom is 0.138 e. The van der Waals surface area contributed by atoms with Crippen LogP contribution in [-0.4, -0.2) is 42.3 Å². The van der Waals surface area contributed by atoms with Crippen LogP contribution in [0.1, 0.15) is 32.2 Å². The summed E-state index contributed by atoms with van der Waals surface area (Å²) in [5.41, 5.74) is 0.898. The largest absolute Gasteiger partial charge is 0.395 e. The van der Waals surface area contributed by atoms with Gasteiger partial charge in [-0.2, -0.15) is 0 Å². The highest BCUT2D eigenvalue weighted by Gasteiger charge is 2.22. The van der Waals surface area contributed by atoms with Crippen LogP contribution in [-0.2, 0) is 5.41 Å². The molecule has 0 aliphatic carbocycles. The van der Waals surface area contributed by atoms with Gasteiger partial charge in [-0.15, -0.1) is 0 Å². The first-order valence-electron chi connectivity index (χ1n) is 6.20. The molecule has 0 saturated carbocycles. The number of aliphatic hydroxyl groups is 1. The second-order valence-electron chi connectivity index (χ2n) is 5.49. The molecule has 1 heterocycles. The van der Waals surface area contributed by atoms with Crippen molar-refractivity contribution in [3.63, 3.8) is 0 Å². The highest BCUT2D eigenvalue weighted by Crippen LogP contribution is 2.27. The van der Waals surface area contributed by atoms with Crippen LogP contribution in [0.3, 0.4) is 0 Å². The zero-order chi connectivity index (χ0) is 13.9. The van der Waals surface area contributed by atoms with E-state index in [2.05, 4.69) is 36.1 Å². The Bertz CT molecular complexity index is 412. The topological polar surface area (TPSA) is 61.3 Å². The average molecular weight is 252 g/mol. The number of likely N-dealkylation sites (N-methyl/N-ethyl adjacent to an activating group) is 1. The molecular weight excluding hydrogens is 228 g/mol. The number of rotatable bonds is 4. The summed E-state index contributed by atoms with van der Waals surface area (Å²) in [5.74, 6) is 2.51. The number of anilines is 2. The summed E-state index contributed by atoms with van der Waals surface area (Å²) in [5, 5.41) is 12.1. The van der Waals surface area contributed by atoms with E-state index in [0.29, 0.717) is 6.54 Å². The molecule has 0 fully saturated rings. The Labute approximate surface area is 109 Å². The van der Waals surface area contributed by atoms with Crippen molar-refractivity contribution in [1.29, 1.82) is 0 Å². The van der Waals surface area contributed by atoms with Crippen LogP contribution >= 0.6 is 0 Å². The summed E-state index contributed by atoms with van der Waals surface area (Å²) in [6.07, 6.45) is 0. The summed E-state index contributed by atoms with van der Waals surface area (Å²) in [4.78, 5) is 11.1. The molecule has 18 heavy (non-hydrogen) atoms. The highest BCUT2D eigenvalue weighted by molar-refractivity contribution is 5.58. The Balaban J connectivity index is 3.31. The summed E-state index contributed by atoms with van der Waals surface area (Å²) >= 11 is 0. The van der Waals surface area contributed by atoms with E-state index in [0.717, 1.165) is 23.0 Å². The summed E-state index contributed by atoms with van der Waals surface area (Å²) < 4.78 is 0. The molecule has 1 rings (SSSR count). The molecule has 0 unspecified atom stereocenters. The lowest BCUT2D eigenvalue weighted by Crippen LogP contribution is -2.26. The fourth-order valence-corrected chi connectivity index (χ4v) is 1.71. The normalized spacial score (nSPS) is 11.5. The summed E-state index contributed by atoms with van der Waals surface area (Å²) in [7, 11) is 3.79. The zero-order valence-electron chi connectivity index (χ0n) is 12.2. The first-order chi connectivity index (χ1) is 8.31. The molecule has 0 bridgehead atoms. The first-order valence-corrected chi connectivity index (χ1v) is 6.20. The van der Waals surface area contributed by atoms with Crippen molar-refractivity contribution < 1.29 is 5.11 Å². The molecule has 5 nitrogen and oxygen atoms in total. The third kappa shape index (κ3) is 3.10. The lowest BCUT2D eigenvalue weighted by Gasteiger charge is -2.24. The number of nitrogens with one attached hydrogen (secondary N) is 1. The van der Waals surface area contributed by atoms with Gasteiger partial charge in [0.05, 0.1) is 6.61 Å². The Kier molecular flexibility index (Phi) is 4.51. The van der Waals surface area contributed by atoms with Crippen molar-refractivity contribution in [1.82, 2.24) is 9.97 Å². The standard InChI is InChI=1S/C13H24N4O/c1-9-10(14-5)15-12(13(2,3)4)16-11(9)17(6)7-8-18/h18H,7-8H2,1-6H3,(H,14,15,16). The Morgan fingerprint density at radius 3 is 2.33 bits per heavy atom. The van der Waals surface area contributed by atoms with Crippen LogP contribution < -0.4 is 10.2 Å². The average Bonchev–Trinajstić information content (AvgIpc) is 2.28. The summed E-state index contributed by atoms with van der Waals surface area (Å²) in [6, 6.07) is 0. The van der Waals surface area contributed by atoms with Crippen molar-refractivity contribution in [2.45, 2.75) is 33.1 Å². The van der Waals surface area contributed by atoms with E-state index in [1.165, 1.54) is 0 Å². The van der Waals surface area contributed by atoms with E-state index < -0.39 is 0 Å². The molecule has 1 aromatic heterocycles. The second-order valence-corrected chi connectivity index (χ2v) is 5.49. The number of hydrogen-bond acceptors (Lipinski definition) is 5. The molecular formula is C13H24N4O. The van der Waals surface area contributed by atoms with E-state index in [9.17, 15) is 0 Å². The number of hydrogen-bond donors (Lipinski definition) is 2. The molecule has 2 N–H and O–H groups in total. The van der Waals surface area contributed by atoms with Crippen molar-refractivity contribution in [3.05, 3.63) is 11.4 Å². The fourth-order valence-electron chi connectivity index (χ4n) is 1.71. The molecule has 0 aliphatic rings. The zero-order valence-corrected chi connectivity index (χ0v) is 12.2. The molecule has 1 aromatic rings. The van der Waals surface area contributed by atoms with Gasteiger partial charge in [-0.3, -0.25) is 0 Å². The third-order valence-corrected chi connectivity index (χ3v) is 2.82. The Morgan fingerprint density at radius 1 is 1.28 bits per heavy atom. The van der Waals surface area contributed by atoms with Gasteiger partial charge in [0.1, 0.15) is 17.5 Å². The van der Waals surface area contributed by atoms with E-state index in [1.54, 1.807) is 0 Å². The van der Waals surface area contributed by atoms with Crippen molar-refractivity contribution in [2.75, 3.05) is 37.5 Å². The quantitative estimate of drug-likeness (QED) is 0.851. The summed E-state index contributed by atoms with van der Waals surface area (Å²) in [6.45, 7) is 8.93. The molecule has 0 saturated heterocycles. The van der Waals surface area contributed by atoms with Gasteiger partial charge in [-0.1, -0.05) is 20.8 Å². The van der Waals surface area contributed by atoms with Crippen LogP contribution in [0.5, 0.6) is 0 Å². The van der Waals surface area contributed by atoms with Crippen molar-refractivity contribution in [3.8, 4) is 0 Å². The third-order valence-electron chi connectivity index (χ3n) is 2.82. The number of nitrogens with zero attached hydrogens (tertiary/aromatic N) is 3. The lowest BCUT2D eigenvalue weighted by atomic mass is 9.95.